The van der Waals surface area contributed by atoms with Gasteiger partial charge >= 0.3 is 0 Å². The van der Waals surface area contributed by atoms with Crippen LogP contribution in [0.2, 0.25) is 5.02 Å². The van der Waals surface area contributed by atoms with Gasteiger partial charge in [-0.15, -0.1) is 0 Å². The highest BCUT2D eigenvalue weighted by atomic mass is 35.5. The number of imidazole rings is 1. The Morgan fingerprint density at radius 2 is 2.04 bits per heavy atom. The first-order chi connectivity index (χ1) is 12.0. The number of nitrogens with zero attached hydrogens (tertiary/aromatic N) is 1. The minimum absolute atomic E-state index is 0.280. The van der Waals surface area contributed by atoms with Crippen molar-refractivity contribution in [2.45, 2.75) is 18.2 Å². The molecular weight excluding hydrogens is 366 g/mol. The van der Waals surface area contributed by atoms with E-state index in [0.29, 0.717) is 9.79 Å². The summed E-state index contributed by atoms with van der Waals surface area (Å²) >= 11 is 11.5. The number of benzene rings is 2. The molecule has 1 aliphatic heterocycles. The van der Waals surface area contributed by atoms with E-state index in [1.54, 1.807) is 23.0 Å². The van der Waals surface area contributed by atoms with Crippen LogP contribution in [-0.2, 0) is 16.9 Å². The van der Waals surface area contributed by atoms with Crippen molar-refractivity contribution in [2.75, 3.05) is 0 Å². The summed E-state index contributed by atoms with van der Waals surface area (Å²) in [5.41, 5.74) is 0.0419. The fraction of sp³-hybridized carbons (Fsp3) is 0.167. The third-order valence-electron chi connectivity index (χ3n) is 4.40. The van der Waals surface area contributed by atoms with Crippen LogP contribution in [-0.4, -0.2) is 9.55 Å². The summed E-state index contributed by atoms with van der Waals surface area (Å²) < 4.78 is 36.1. The zero-order valence-electron chi connectivity index (χ0n) is 12.9. The van der Waals surface area contributed by atoms with Crippen LogP contribution in [0, 0.1) is 16.4 Å². The first-order valence-electron chi connectivity index (χ1n) is 7.63. The van der Waals surface area contributed by atoms with E-state index in [4.69, 9.17) is 28.6 Å². The maximum absolute atomic E-state index is 14.5. The van der Waals surface area contributed by atoms with Gasteiger partial charge in [-0.1, -0.05) is 35.9 Å². The van der Waals surface area contributed by atoms with Crippen molar-refractivity contribution in [2.24, 2.45) is 0 Å². The van der Waals surface area contributed by atoms with Crippen LogP contribution in [0.25, 0.3) is 0 Å². The van der Waals surface area contributed by atoms with Gasteiger partial charge < -0.3 is 14.3 Å². The van der Waals surface area contributed by atoms with Crippen molar-refractivity contribution in [1.82, 2.24) is 9.55 Å². The summed E-state index contributed by atoms with van der Waals surface area (Å²) in [7, 11) is 0. The maximum Gasteiger partial charge on any atom is 0.177 e. The third-order valence-corrected chi connectivity index (χ3v) is 5.09. The molecule has 0 spiro atoms. The Labute approximate surface area is 152 Å². The van der Waals surface area contributed by atoms with Crippen LogP contribution >= 0.6 is 23.8 Å². The lowest BCUT2D eigenvalue weighted by Gasteiger charge is -2.16. The van der Waals surface area contributed by atoms with E-state index in [1.807, 2.05) is 18.2 Å². The van der Waals surface area contributed by atoms with Crippen LogP contribution in [0.3, 0.4) is 0 Å². The molecule has 3 aromatic rings. The van der Waals surface area contributed by atoms with E-state index in [1.165, 1.54) is 12.1 Å². The second-order valence-corrected chi connectivity index (χ2v) is 6.72. The second-order valence-electron chi connectivity index (χ2n) is 5.93. The summed E-state index contributed by atoms with van der Waals surface area (Å²) in [5.74, 6) is -1.29. The number of halogens is 3. The van der Waals surface area contributed by atoms with Crippen molar-refractivity contribution < 1.29 is 13.5 Å². The SMILES string of the molecule is Fc1ccc([C@]2(Cn3cc[nH]c3=S)O[C@@H]2c2ccccc2Cl)c(F)c1. The molecule has 0 saturated carbocycles. The van der Waals surface area contributed by atoms with Gasteiger partial charge in [0, 0.05) is 34.6 Å². The highest BCUT2D eigenvalue weighted by Crippen LogP contribution is 2.59. The Hall–Kier alpha value is -2.02. The monoisotopic (exact) mass is 378 g/mol. The Morgan fingerprint density at radius 3 is 2.72 bits per heavy atom. The van der Waals surface area contributed by atoms with Crippen LogP contribution < -0.4 is 0 Å². The minimum atomic E-state index is -0.997. The molecule has 1 aliphatic rings. The van der Waals surface area contributed by atoms with E-state index in [2.05, 4.69) is 4.98 Å². The van der Waals surface area contributed by atoms with Gasteiger partial charge in [-0.2, -0.15) is 0 Å². The molecule has 2 aromatic carbocycles. The van der Waals surface area contributed by atoms with Gasteiger partial charge in [0.1, 0.15) is 23.3 Å². The fourth-order valence-electron chi connectivity index (χ4n) is 3.15. The normalized spacial score (nSPS) is 22.1. The highest BCUT2D eigenvalue weighted by Gasteiger charge is 2.60. The van der Waals surface area contributed by atoms with Gasteiger partial charge in [0.05, 0.1) is 6.54 Å². The lowest BCUT2D eigenvalue weighted by atomic mass is 9.91. The summed E-state index contributed by atoms with van der Waals surface area (Å²) in [4.78, 5) is 2.90. The van der Waals surface area contributed by atoms with E-state index in [0.717, 1.165) is 11.6 Å². The summed E-state index contributed by atoms with van der Waals surface area (Å²) in [6.07, 6.45) is 3.01. The molecular formula is C18H13ClF2N2OS. The van der Waals surface area contributed by atoms with Crippen molar-refractivity contribution in [3.63, 3.8) is 0 Å². The molecule has 128 valence electrons. The topological polar surface area (TPSA) is 33.2 Å². The summed E-state index contributed by atoms with van der Waals surface area (Å²) in [6.45, 7) is 0.285. The molecule has 1 saturated heterocycles. The average molecular weight is 379 g/mol. The third kappa shape index (κ3) is 2.80. The Bertz CT molecular complexity index is 1000. The van der Waals surface area contributed by atoms with E-state index >= 15 is 0 Å². The molecule has 2 atom stereocenters. The van der Waals surface area contributed by atoms with Gasteiger partial charge in [0.15, 0.2) is 4.77 Å². The van der Waals surface area contributed by atoms with Gasteiger partial charge in [-0.05, 0) is 24.4 Å². The Kier molecular flexibility index (Phi) is 3.98. The van der Waals surface area contributed by atoms with Gasteiger partial charge in [0.2, 0.25) is 0 Å². The molecule has 3 nitrogen and oxygen atoms in total. The predicted molar refractivity (Wildman–Crippen MR) is 92.9 cm³/mol. The zero-order valence-corrected chi connectivity index (χ0v) is 14.5. The number of hydrogen-bond donors (Lipinski definition) is 1. The number of hydrogen-bond acceptors (Lipinski definition) is 2. The molecule has 0 bridgehead atoms. The maximum atomic E-state index is 14.5. The molecule has 0 unspecified atom stereocenters. The molecule has 1 N–H and O–H groups in total. The lowest BCUT2D eigenvalue weighted by Crippen LogP contribution is -2.20. The number of epoxide rings is 1. The van der Waals surface area contributed by atoms with Crippen molar-refractivity contribution >= 4 is 23.8 Å². The van der Waals surface area contributed by atoms with Gasteiger partial charge in [-0.3, -0.25) is 0 Å². The fourth-order valence-corrected chi connectivity index (χ4v) is 3.58. The van der Waals surface area contributed by atoms with Crippen molar-refractivity contribution in [3.05, 3.63) is 87.4 Å². The molecule has 4 rings (SSSR count). The summed E-state index contributed by atoms with van der Waals surface area (Å²) in [6, 6.07) is 10.8. The predicted octanol–water partition coefficient (Wildman–Crippen LogP) is 5.14. The first-order valence-corrected chi connectivity index (χ1v) is 8.41. The molecule has 2 heterocycles. The van der Waals surface area contributed by atoms with Gasteiger partial charge in [-0.25, -0.2) is 8.78 Å². The molecule has 1 aromatic heterocycles. The van der Waals surface area contributed by atoms with Crippen LogP contribution in [0.5, 0.6) is 0 Å². The second kappa shape index (κ2) is 6.05. The largest absolute Gasteiger partial charge is 0.354 e. The number of nitrogens with one attached hydrogen (secondary N) is 1. The van der Waals surface area contributed by atoms with E-state index in [9.17, 15) is 8.78 Å². The smallest absolute Gasteiger partial charge is 0.177 e. The number of ether oxygens (including phenoxy) is 1. The van der Waals surface area contributed by atoms with Crippen LogP contribution in [0.1, 0.15) is 17.2 Å². The molecule has 0 aliphatic carbocycles. The van der Waals surface area contributed by atoms with E-state index in [-0.39, 0.29) is 12.1 Å². The molecule has 0 amide bonds. The zero-order chi connectivity index (χ0) is 17.6. The lowest BCUT2D eigenvalue weighted by molar-refractivity contribution is 0.263. The van der Waals surface area contributed by atoms with E-state index < -0.39 is 23.3 Å². The molecule has 7 heteroatoms. The first kappa shape index (κ1) is 16.4. The van der Waals surface area contributed by atoms with Crippen molar-refractivity contribution in [1.29, 1.82) is 0 Å². The quantitative estimate of drug-likeness (QED) is 0.503. The Balaban J connectivity index is 1.82. The summed E-state index contributed by atoms with van der Waals surface area (Å²) in [5, 5.41) is 0.537. The number of H-pyrrole nitrogens is 1. The van der Waals surface area contributed by atoms with Gasteiger partial charge in [0.25, 0.3) is 0 Å². The van der Waals surface area contributed by atoms with Crippen LogP contribution in [0.4, 0.5) is 8.78 Å². The average Bonchev–Trinajstić information content (AvgIpc) is 3.14. The molecule has 25 heavy (non-hydrogen) atoms. The molecule has 1 fully saturated rings. The number of aromatic amines is 1. The molecule has 0 radical (unpaired) electrons. The van der Waals surface area contributed by atoms with Crippen LogP contribution in [0.15, 0.2) is 54.9 Å². The Morgan fingerprint density at radius 1 is 1.24 bits per heavy atom. The standard InChI is InChI=1S/C18H13ClF2N2OS/c19-14-4-2-1-3-12(14)16-18(24-16,10-23-8-7-22-17(23)25)13-6-5-11(20)9-15(13)21/h1-9,16H,10H2,(H,22,25)/t16-,18+/m1/s1. The number of aromatic nitrogens is 2. The minimum Gasteiger partial charge on any atom is -0.354 e. The number of rotatable bonds is 4. The van der Waals surface area contributed by atoms with Crippen molar-refractivity contribution in [3.8, 4) is 0 Å². The highest BCUT2D eigenvalue weighted by molar-refractivity contribution is 7.71.